The van der Waals surface area contributed by atoms with Gasteiger partial charge in [0.1, 0.15) is 0 Å². The van der Waals surface area contributed by atoms with Crippen molar-refractivity contribution in [1.29, 1.82) is 0 Å². The maximum Gasteiger partial charge on any atom is 0.168 e. The van der Waals surface area contributed by atoms with Gasteiger partial charge in [0.25, 0.3) is 0 Å². The van der Waals surface area contributed by atoms with Gasteiger partial charge in [0, 0.05) is 17.6 Å². The third-order valence-corrected chi connectivity index (χ3v) is 2.35. The van der Waals surface area contributed by atoms with E-state index < -0.39 is 11.6 Å². The Bertz CT molecular complexity index is 471. The summed E-state index contributed by atoms with van der Waals surface area (Å²) in [4.78, 5) is 0. The lowest BCUT2D eigenvalue weighted by Crippen LogP contribution is -1.98. The van der Waals surface area contributed by atoms with Gasteiger partial charge in [-0.25, -0.2) is 8.78 Å². The van der Waals surface area contributed by atoms with Crippen molar-refractivity contribution >= 4 is 10.9 Å². The van der Waals surface area contributed by atoms with Gasteiger partial charge >= 0.3 is 0 Å². The maximum absolute atomic E-state index is 13.3. The quantitative estimate of drug-likeness (QED) is 0.656. The number of rotatable bonds is 1. The van der Waals surface area contributed by atoms with Crippen LogP contribution in [0.5, 0.6) is 0 Å². The van der Waals surface area contributed by atoms with Gasteiger partial charge in [-0.3, -0.25) is 0 Å². The van der Waals surface area contributed by atoms with E-state index in [9.17, 15) is 8.78 Å². The summed E-state index contributed by atoms with van der Waals surface area (Å²) < 4.78 is 28.1. The van der Waals surface area contributed by atoms with Crippen LogP contribution < -0.4 is 0 Å². The molecule has 0 saturated carbocycles. The van der Waals surface area contributed by atoms with E-state index >= 15 is 0 Å². The average molecular weight is 195 g/mol. The summed E-state index contributed by atoms with van der Waals surface area (Å²) in [5, 5.41) is 0.346. The van der Waals surface area contributed by atoms with Crippen LogP contribution in [0.2, 0.25) is 0 Å². The fraction of sp³-hybridized carbons (Fsp3) is 0.273. The SMILES string of the molecule is CC(C)n1ccc2c(F)c(F)ccc21. The summed E-state index contributed by atoms with van der Waals surface area (Å²) in [5.41, 5.74) is 0.735. The fourth-order valence-electron chi connectivity index (χ4n) is 1.63. The topological polar surface area (TPSA) is 4.93 Å². The van der Waals surface area contributed by atoms with Gasteiger partial charge in [-0.2, -0.15) is 0 Å². The molecule has 0 amide bonds. The molecule has 0 atom stereocenters. The summed E-state index contributed by atoms with van der Waals surface area (Å²) in [6.45, 7) is 4.00. The zero-order chi connectivity index (χ0) is 10.3. The highest BCUT2D eigenvalue weighted by atomic mass is 19.2. The molecule has 3 heteroatoms. The molecule has 2 aromatic rings. The van der Waals surface area contributed by atoms with Crippen LogP contribution in [0.3, 0.4) is 0 Å². The van der Waals surface area contributed by atoms with E-state index in [1.807, 2.05) is 18.4 Å². The van der Waals surface area contributed by atoms with Gasteiger partial charge in [0.15, 0.2) is 11.6 Å². The molecule has 1 heterocycles. The van der Waals surface area contributed by atoms with Crippen LogP contribution in [-0.4, -0.2) is 4.57 Å². The van der Waals surface area contributed by atoms with Crippen molar-refractivity contribution in [1.82, 2.24) is 4.57 Å². The second-order valence-corrected chi connectivity index (χ2v) is 3.61. The first kappa shape index (κ1) is 9.19. The van der Waals surface area contributed by atoms with E-state index in [0.717, 1.165) is 11.6 Å². The molecular weight excluding hydrogens is 184 g/mol. The van der Waals surface area contributed by atoms with Crippen molar-refractivity contribution in [2.45, 2.75) is 19.9 Å². The molecule has 0 saturated heterocycles. The molecule has 1 aromatic carbocycles. The van der Waals surface area contributed by atoms with E-state index in [0.29, 0.717) is 5.39 Å². The third-order valence-electron chi connectivity index (χ3n) is 2.35. The Morgan fingerprint density at radius 3 is 2.50 bits per heavy atom. The van der Waals surface area contributed by atoms with Crippen molar-refractivity contribution in [2.24, 2.45) is 0 Å². The standard InChI is InChI=1S/C11H11F2N/c1-7(2)14-6-5-8-10(14)4-3-9(12)11(8)13/h3-7H,1-2H3. The van der Waals surface area contributed by atoms with Gasteiger partial charge < -0.3 is 4.57 Å². The second kappa shape index (κ2) is 3.08. The largest absolute Gasteiger partial charge is 0.345 e. The highest BCUT2D eigenvalue weighted by molar-refractivity contribution is 5.81. The van der Waals surface area contributed by atoms with E-state index in [1.165, 1.54) is 0 Å². The Kier molecular flexibility index (Phi) is 2.02. The van der Waals surface area contributed by atoms with Gasteiger partial charge in [-0.05, 0) is 32.0 Å². The highest BCUT2D eigenvalue weighted by Crippen LogP contribution is 2.23. The Morgan fingerprint density at radius 1 is 1.14 bits per heavy atom. The number of hydrogen-bond donors (Lipinski definition) is 0. The molecule has 0 spiro atoms. The molecule has 0 aliphatic carbocycles. The van der Waals surface area contributed by atoms with Crippen molar-refractivity contribution in [2.75, 3.05) is 0 Å². The lowest BCUT2D eigenvalue weighted by Gasteiger charge is -2.08. The van der Waals surface area contributed by atoms with Crippen molar-refractivity contribution in [3.63, 3.8) is 0 Å². The Balaban J connectivity index is 2.77. The van der Waals surface area contributed by atoms with Crippen LogP contribution in [0, 0.1) is 11.6 Å². The molecule has 0 aliphatic heterocycles. The number of nitrogens with zero attached hydrogens (tertiary/aromatic N) is 1. The van der Waals surface area contributed by atoms with E-state index in [-0.39, 0.29) is 6.04 Å². The number of fused-ring (bicyclic) bond motifs is 1. The van der Waals surface area contributed by atoms with E-state index in [1.54, 1.807) is 18.3 Å². The molecule has 0 radical (unpaired) electrons. The third kappa shape index (κ3) is 1.20. The fourth-order valence-corrected chi connectivity index (χ4v) is 1.63. The maximum atomic E-state index is 13.3. The smallest absolute Gasteiger partial charge is 0.168 e. The highest BCUT2D eigenvalue weighted by Gasteiger charge is 2.11. The molecule has 2 rings (SSSR count). The molecule has 74 valence electrons. The number of halogens is 2. The molecule has 0 fully saturated rings. The van der Waals surface area contributed by atoms with Crippen LogP contribution >= 0.6 is 0 Å². The Morgan fingerprint density at radius 2 is 1.86 bits per heavy atom. The minimum absolute atomic E-state index is 0.248. The molecule has 1 aromatic heterocycles. The molecule has 1 nitrogen and oxygen atoms in total. The van der Waals surface area contributed by atoms with Crippen molar-refractivity contribution in [3.05, 3.63) is 36.0 Å². The zero-order valence-corrected chi connectivity index (χ0v) is 8.09. The Labute approximate surface area is 81.0 Å². The van der Waals surface area contributed by atoms with Crippen LogP contribution in [0.15, 0.2) is 24.4 Å². The summed E-state index contributed by atoms with van der Waals surface area (Å²) in [7, 11) is 0. The van der Waals surface area contributed by atoms with Gasteiger partial charge in [0.2, 0.25) is 0 Å². The molecule has 0 unspecified atom stereocenters. The predicted octanol–water partition coefficient (Wildman–Crippen LogP) is 3.50. The molecule has 0 aliphatic rings. The van der Waals surface area contributed by atoms with Crippen LogP contribution in [0.25, 0.3) is 10.9 Å². The molecular formula is C11H11F2N. The van der Waals surface area contributed by atoms with E-state index in [2.05, 4.69) is 0 Å². The van der Waals surface area contributed by atoms with Crippen LogP contribution in [0.4, 0.5) is 8.78 Å². The van der Waals surface area contributed by atoms with Crippen molar-refractivity contribution < 1.29 is 8.78 Å². The zero-order valence-electron chi connectivity index (χ0n) is 8.09. The van der Waals surface area contributed by atoms with Gasteiger partial charge in [-0.15, -0.1) is 0 Å². The monoisotopic (exact) mass is 195 g/mol. The first-order valence-electron chi connectivity index (χ1n) is 4.56. The molecule has 14 heavy (non-hydrogen) atoms. The molecule has 0 bridgehead atoms. The van der Waals surface area contributed by atoms with E-state index in [4.69, 9.17) is 0 Å². The average Bonchev–Trinajstić information content (AvgIpc) is 2.55. The van der Waals surface area contributed by atoms with Crippen molar-refractivity contribution in [3.8, 4) is 0 Å². The summed E-state index contributed by atoms with van der Waals surface area (Å²) in [5.74, 6) is -1.55. The van der Waals surface area contributed by atoms with Gasteiger partial charge in [0.05, 0.1) is 5.52 Å². The number of hydrogen-bond acceptors (Lipinski definition) is 0. The predicted molar refractivity (Wildman–Crippen MR) is 52.2 cm³/mol. The minimum Gasteiger partial charge on any atom is -0.345 e. The van der Waals surface area contributed by atoms with Crippen LogP contribution in [0.1, 0.15) is 19.9 Å². The normalized spacial score (nSPS) is 11.5. The summed E-state index contributed by atoms with van der Waals surface area (Å²) >= 11 is 0. The number of benzene rings is 1. The first-order chi connectivity index (χ1) is 6.61. The lowest BCUT2D eigenvalue weighted by molar-refractivity contribution is 0.516. The second-order valence-electron chi connectivity index (χ2n) is 3.61. The van der Waals surface area contributed by atoms with Crippen LogP contribution in [-0.2, 0) is 0 Å². The summed E-state index contributed by atoms with van der Waals surface area (Å²) in [6.07, 6.45) is 1.78. The van der Waals surface area contributed by atoms with Gasteiger partial charge in [-0.1, -0.05) is 0 Å². The lowest BCUT2D eigenvalue weighted by atomic mass is 10.2. The minimum atomic E-state index is -0.793. The summed E-state index contributed by atoms with van der Waals surface area (Å²) in [6, 6.07) is 4.62. The Hall–Kier alpha value is -1.38. The first-order valence-corrected chi connectivity index (χ1v) is 4.56. The molecule has 0 N–H and O–H groups in total. The number of aromatic nitrogens is 1.